The number of benzene rings is 3. The highest BCUT2D eigenvalue weighted by atomic mass is 35.5. The molecule has 0 fully saturated rings. The minimum atomic E-state index is -0.321. The van der Waals surface area contributed by atoms with E-state index < -0.39 is 0 Å². The van der Waals surface area contributed by atoms with E-state index in [1.54, 1.807) is 42.5 Å². The fourth-order valence-corrected chi connectivity index (χ4v) is 2.87. The molecular formula is C24H23ClN2O3. The number of carbonyl (C=O) groups excluding carboxylic acids is 1. The van der Waals surface area contributed by atoms with E-state index in [0.717, 1.165) is 5.56 Å². The summed E-state index contributed by atoms with van der Waals surface area (Å²) in [6.07, 6.45) is 1.52. The van der Waals surface area contributed by atoms with Crippen molar-refractivity contribution in [3.63, 3.8) is 0 Å². The second kappa shape index (κ2) is 10.5. The van der Waals surface area contributed by atoms with Gasteiger partial charge in [0, 0.05) is 16.1 Å². The van der Waals surface area contributed by atoms with Crippen molar-refractivity contribution in [2.75, 3.05) is 6.61 Å². The molecule has 0 unspecified atom stereocenters. The van der Waals surface area contributed by atoms with Crippen molar-refractivity contribution in [2.45, 2.75) is 20.5 Å². The van der Waals surface area contributed by atoms with Crippen molar-refractivity contribution in [3.05, 3.63) is 94.0 Å². The normalized spacial score (nSPS) is 10.8. The maximum atomic E-state index is 12.3. The summed E-state index contributed by atoms with van der Waals surface area (Å²) in [6.45, 7) is 4.94. The van der Waals surface area contributed by atoms with Crippen LogP contribution >= 0.6 is 11.6 Å². The van der Waals surface area contributed by atoms with Gasteiger partial charge in [-0.25, -0.2) is 5.43 Å². The maximum Gasteiger partial charge on any atom is 0.271 e. The molecule has 154 valence electrons. The van der Waals surface area contributed by atoms with Crippen molar-refractivity contribution in [3.8, 4) is 11.5 Å². The SMILES string of the molecule is CCOc1ccc(C(=O)N/N=C\c2cc(Cl)ccc2OCc2ccc(C)cc2)cc1. The molecule has 0 saturated carbocycles. The van der Waals surface area contributed by atoms with Gasteiger partial charge >= 0.3 is 0 Å². The number of aryl methyl sites for hydroxylation is 1. The lowest BCUT2D eigenvalue weighted by Crippen LogP contribution is -2.17. The summed E-state index contributed by atoms with van der Waals surface area (Å²) in [5.41, 5.74) is 5.92. The lowest BCUT2D eigenvalue weighted by molar-refractivity contribution is 0.0955. The summed E-state index contributed by atoms with van der Waals surface area (Å²) in [5.74, 6) is 1.02. The van der Waals surface area contributed by atoms with E-state index >= 15 is 0 Å². The van der Waals surface area contributed by atoms with Crippen molar-refractivity contribution in [1.82, 2.24) is 5.43 Å². The molecule has 5 nitrogen and oxygen atoms in total. The smallest absolute Gasteiger partial charge is 0.271 e. The van der Waals surface area contributed by atoms with E-state index in [0.29, 0.717) is 40.9 Å². The number of amides is 1. The van der Waals surface area contributed by atoms with Crippen molar-refractivity contribution in [1.29, 1.82) is 0 Å². The predicted octanol–water partition coefficient (Wildman–Crippen LogP) is 5.39. The lowest BCUT2D eigenvalue weighted by atomic mass is 10.1. The summed E-state index contributed by atoms with van der Waals surface area (Å²) in [6, 6.07) is 20.3. The van der Waals surface area contributed by atoms with Crippen LogP contribution in [-0.4, -0.2) is 18.7 Å². The Morgan fingerprint density at radius 1 is 1.03 bits per heavy atom. The molecule has 6 heteroatoms. The Morgan fingerprint density at radius 2 is 1.77 bits per heavy atom. The third-order valence-electron chi connectivity index (χ3n) is 4.28. The Labute approximate surface area is 181 Å². The molecule has 0 aliphatic carbocycles. The molecule has 0 atom stereocenters. The number of ether oxygens (including phenoxy) is 2. The second-order valence-electron chi connectivity index (χ2n) is 6.61. The van der Waals surface area contributed by atoms with E-state index in [1.807, 2.05) is 38.1 Å². The number of rotatable bonds is 8. The first kappa shape index (κ1) is 21.4. The molecule has 30 heavy (non-hydrogen) atoms. The molecule has 1 N–H and O–H groups in total. The van der Waals surface area contributed by atoms with Crippen LogP contribution < -0.4 is 14.9 Å². The average Bonchev–Trinajstić information content (AvgIpc) is 2.75. The lowest BCUT2D eigenvalue weighted by Gasteiger charge is -2.10. The Bertz CT molecular complexity index is 1020. The highest BCUT2D eigenvalue weighted by Crippen LogP contribution is 2.22. The fraction of sp³-hybridized carbons (Fsp3) is 0.167. The average molecular weight is 423 g/mol. The first-order valence-electron chi connectivity index (χ1n) is 9.59. The van der Waals surface area contributed by atoms with Crippen LogP contribution in [0.1, 0.15) is 34.0 Å². The Morgan fingerprint density at radius 3 is 2.47 bits per heavy atom. The van der Waals surface area contributed by atoms with Crippen LogP contribution in [0.5, 0.6) is 11.5 Å². The Kier molecular flexibility index (Phi) is 7.46. The minimum Gasteiger partial charge on any atom is -0.494 e. The van der Waals surface area contributed by atoms with Gasteiger partial charge in [0.05, 0.1) is 12.8 Å². The van der Waals surface area contributed by atoms with Gasteiger partial charge in [0.1, 0.15) is 18.1 Å². The van der Waals surface area contributed by atoms with E-state index in [4.69, 9.17) is 21.1 Å². The van der Waals surface area contributed by atoms with Gasteiger partial charge in [0.2, 0.25) is 0 Å². The first-order chi connectivity index (χ1) is 14.5. The van der Waals surface area contributed by atoms with Gasteiger partial charge in [-0.1, -0.05) is 41.4 Å². The van der Waals surface area contributed by atoms with Crippen LogP contribution in [0.4, 0.5) is 0 Å². The van der Waals surface area contributed by atoms with Gasteiger partial charge in [0.25, 0.3) is 5.91 Å². The third kappa shape index (κ3) is 6.09. The summed E-state index contributed by atoms with van der Waals surface area (Å²) >= 11 is 6.11. The molecular weight excluding hydrogens is 400 g/mol. The molecule has 0 bridgehead atoms. The standard InChI is InChI=1S/C24H23ClN2O3/c1-3-29-22-11-8-19(9-12-22)24(28)27-26-15-20-14-21(25)10-13-23(20)30-16-18-6-4-17(2)5-7-18/h4-15H,3,16H2,1-2H3,(H,27,28)/b26-15-. The maximum absolute atomic E-state index is 12.3. The van der Waals surface area contributed by atoms with E-state index in [9.17, 15) is 4.79 Å². The molecule has 0 saturated heterocycles. The molecule has 0 aromatic heterocycles. The molecule has 0 radical (unpaired) electrons. The molecule has 1 amide bonds. The van der Waals surface area contributed by atoms with E-state index in [-0.39, 0.29) is 5.91 Å². The number of carbonyl (C=O) groups is 1. The van der Waals surface area contributed by atoms with E-state index in [2.05, 4.69) is 10.5 Å². The van der Waals surface area contributed by atoms with Crippen LogP contribution in [0.25, 0.3) is 0 Å². The van der Waals surface area contributed by atoms with Gasteiger partial charge in [-0.15, -0.1) is 0 Å². The summed E-state index contributed by atoms with van der Waals surface area (Å²) in [5, 5.41) is 4.60. The monoisotopic (exact) mass is 422 g/mol. The first-order valence-corrected chi connectivity index (χ1v) is 9.97. The third-order valence-corrected chi connectivity index (χ3v) is 4.52. The topological polar surface area (TPSA) is 59.9 Å². The number of nitrogens with one attached hydrogen (secondary N) is 1. The number of nitrogens with zero attached hydrogens (tertiary/aromatic N) is 1. The largest absolute Gasteiger partial charge is 0.494 e. The van der Waals surface area contributed by atoms with Crippen LogP contribution in [-0.2, 0) is 6.61 Å². The van der Waals surface area contributed by atoms with Crippen molar-refractivity contribution >= 4 is 23.7 Å². The zero-order chi connectivity index (χ0) is 21.3. The minimum absolute atomic E-state index is 0.321. The number of hydrogen-bond donors (Lipinski definition) is 1. The molecule has 0 aliphatic rings. The summed E-state index contributed by atoms with van der Waals surface area (Å²) in [7, 11) is 0. The molecule has 3 rings (SSSR count). The predicted molar refractivity (Wildman–Crippen MR) is 120 cm³/mol. The second-order valence-corrected chi connectivity index (χ2v) is 7.05. The van der Waals surface area contributed by atoms with E-state index in [1.165, 1.54) is 11.8 Å². The number of hydrazone groups is 1. The number of hydrogen-bond acceptors (Lipinski definition) is 4. The number of halogens is 1. The van der Waals surface area contributed by atoms with Crippen LogP contribution in [0, 0.1) is 6.92 Å². The van der Waals surface area contributed by atoms with Crippen LogP contribution in [0.2, 0.25) is 5.02 Å². The highest BCUT2D eigenvalue weighted by molar-refractivity contribution is 6.30. The zero-order valence-electron chi connectivity index (χ0n) is 16.9. The highest BCUT2D eigenvalue weighted by Gasteiger charge is 2.06. The summed E-state index contributed by atoms with van der Waals surface area (Å²) in [4.78, 5) is 12.3. The fourth-order valence-electron chi connectivity index (χ4n) is 2.69. The van der Waals surface area contributed by atoms with Crippen molar-refractivity contribution in [2.24, 2.45) is 5.10 Å². The zero-order valence-corrected chi connectivity index (χ0v) is 17.6. The molecule has 0 heterocycles. The quantitative estimate of drug-likeness (QED) is 0.391. The summed E-state index contributed by atoms with van der Waals surface area (Å²) < 4.78 is 11.3. The van der Waals surface area contributed by atoms with Gasteiger partial charge in [0.15, 0.2) is 0 Å². The molecule has 0 aliphatic heterocycles. The Hall–Kier alpha value is -3.31. The molecule has 3 aromatic rings. The van der Waals surface area contributed by atoms with Gasteiger partial charge in [-0.2, -0.15) is 5.10 Å². The van der Waals surface area contributed by atoms with Crippen molar-refractivity contribution < 1.29 is 14.3 Å². The van der Waals surface area contributed by atoms with Crippen LogP contribution in [0.15, 0.2) is 71.8 Å². The van der Waals surface area contributed by atoms with Gasteiger partial charge in [-0.05, 0) is 61.9 Å². The molecule has 0 spiro atoms. The molecule has 3 aromatic carbocycles. The van der Waals surface area contributed by atoms with Gasteiger partial charge in [-0.3, -0.25) is 4.79 Å². The van der Waals surface area contributed by atoms with Crippen LogP contribution in [0.3, 0.4) is 0 Å². The Balaban J connectivity index is 1.64. The van der Waals surface area contributed by atoms with Gasteiger partial charge < -0.3 is 9.47 Å².